The molecule has 3 heterocycles. The van der Waals surface area contributed by atoms with Crippen LogP contribution in [-0.2, 0) is 0 Å². The number of aryl methyl sites for hydroxylation is 2. The van der Waals surface area contributed by atoms with Crippen LogP contribution in [0.1, 0.15) is 11.1 Å². The van der Waals surface area contributed by atoms with Gasteiger partial charge in [-0.2, -0.15) is 9.61 Å². The van der Waals surface area contributed by atoms with E-state index in [1.165, 1.54) is 5.56 Å². The van der Waals surface area contributed by atoms with Crippen LogP contribution in [0.5, 0.6) is 0 Å². The van der Waals surface area contributed by atoms with Crippen LogP contribution in [-0.4, -0.2) is 30.8 Å². The summed E-state index contributed by atoms with van der Waals surface area (Å²) in [6.45, 7) is 4.05. The third kappa shape index (κ3) is 4.27. The van der Waals surface area contributed by atoms with Crippen molar-refractivity contribution in [3.8, 4) is 22.6 Å². The highest BCUT2D eigenvalue weighted by Gasteiger charge is 2.12. The molecule has 0 aliphatic carbocycles. The van der Waals surface area contributed by atoms with Gasteiger partial charge in [0, 0.05) is 34.9 Å². The second kappa shape index (κ2) is 8.51. The van der Waals surface area contributed by atoms with Crippen LogP contribution in [0.3, 0.4) is 0 Å². The molecule has 0 bridgehead atoms. The van der Waals surface area contributed by atoms with Gasteiger partial charge in [0.15, 0.2) is 11.5 Å². The van der Waals surface area contributed by atoms with Crippen molar-refractivity contribution in [2.24, 2.45) is 0 Å². The molecule has 0 saturated heterocycles. The van der Waals surface area contributed by atoms with E-state index in [-0.39, 0.29) is 6.03 Å². The third-order valence-electron chi connectivity index (χ3n) is 5.36. The molecule has 8 heteroatoms. The standard InChI is InChI=1S/C25H21N7O/c1-16-8-9-21(13-17(16)2)28-25(33)27-20-7-3-5-18(14-20)22-10-11-23-29-30-24(32(23)31-22)19-6-4-12-26-15-19/h3-15H,1-2H3,(H2,27,28,33). The maximum absolute atomic E-state index is 12.5. The van der Waals surface area contributed by atoms with Crippen molar-refractivity contribution in [1.29, 1.82) is 0 Å². The Bertz CT molecular complexity index is 1460. The predicted octanol–water partition coefficient (Wildman–Crippen LogP) is 5.11. The summed E-state index contributed by atoms with van der Waals surface area (Å²) in [5.74, 6) is 0.613. The summed E-state index contributed by atoms with van der Waals surface area (Å²) in [6.07, 6.45) is 3.43. The topological polar surface area (TPSA) is 97.1 Å². The van der Waals surface area contributed by atoms with E-state index in [0.29, 0.717) is 17.2 Å². The van der Waals surface area contributed by atoms with Crippen LogP contribution in [0.2, 0.25) is 0 Å². The van der Waals surface area contributed by atoms with Gasteiger partial charge in [0.25, 0.3) is 0 Å². The lowest BCUT2D eigenvalue weighted by Gasteiger charge is -2.10. The van der Waals surface area contributed by atoms with E-state index in [9.17, 15) is 4.79 Å². The highest BCUT2D eigenvalue weighted by Crippen LogP contribution is 2.23. The molecule has 0 aliphatic heterocycles. The van der Waals surface area contributed by atoms with Gasteiger partial charge in [0.1, 0.15) is 0 Å². The molecule has 0 fully saturated rings. The van der Waals surface area contributed by atoms with Crippen molar-refractivity contribution < 1.29 is 4.79 Å². The molecule has 0 saturated carbocycles. The predicted molar refractivity (Wildman–Crippen MR) is 128 cm³/mol. The first-order valence-electron chi connectivity index (χ1n) is 10.5. The quantitative estimate of drug-likeness (QED) is 0.409. The summed E-state index contributed by atoms with van der Waals surface area (Å²) in [5.41, 5.74) is 6.75. The van der Waals surface area contributed by atoms with E-state index in [1.54, 1.807) is 16.9 Å². The molecule has 0 unspecified atom stereocenters. The molecule has 0 aliphatic rings. The number of carbonyl (C=O) groups excluding carboxylic acids is 1. The Hall–Kier alpha value is -4.59. The average Bonchev–Trinajstić information content (AvgIpc) is 3.25. The number of urea groups is 1. The molecule has 33 heavy (non-hydrogen) atoms. The van der Waals surface area contributed by atoms with Crippen LogP contribution in [0.4, 0.5) is 16.2 Å². The van der Waals surface area contributed by atoms with Gasteiger partial charge >= 0.3 is 6.03 Å². The Morgan fingerprint density at radius 3 is 2.42 bits per heavy atom. The molecule has 2 aromatic carbocycles. The van der Waals surface area contributed by atoms with Crippen molar-refractivity contribution in [2.45, 2.75) is 13.8 Å². The number of hydrogen-bond donors (Lipinski definition) is 2. The Kier molecular flexibility index (Phi) is 5.24. The summed E-state index contributed by atoms with van der Waals surface area (Å²) < 4.78 is 1.69. The van der Waals surface area contributed by atoms with Crippen molar-refractivity contribution in [3.63, 3.8) is 0 Å². The number of rotatable bonds is 4. The third-order valence-corrected chi connectivity index (χ3v) is 5.36. The van der Waals surface area contributed by atoms with Crippen molar-refractivity contribution in [2.75, 3.05) is 10.6 Å². The van der Waals surface area contributed by atoms with Gasteiger partial charge in [0.05, 0.1) is 5.69 Å². The molecule has 0 spiro atoms. The number of benzene rings is 2. The van der Waals surface area contributed by atoms with Gasteiger partial charge in [-0.3, -0.25) is 4.98 Å². The number of amides is 2. The van der Waals surface area contributed by atoms with Crippen LogP contribution >= 0.6 is 0 Å². The number of aromatic nitrogens is 5. The zero-order valence-electron chi connectivity index (χ0n) is 18.1. The Morgan fingerprint density at radius 1 is 0.818 bits per heavy atom. The molecule has 0 radical (unpaired) electrons. The largest absolute Gasteiger partial charge is 0.323 e. The van der Waals surface area contributed by atoms with Gasteiger partial charge in [-0.15, -0.1) is 10.2 Å². The monoisotopic (exact) mass is 435 g/mol. The summed E-state index contributed by atoms with van der Waals surface area (Å²) in [5, 5.41) is 18.9. The lowest BCUT2D eigenvalue weighted by atomic mass is 10.1. The van der Waals surface area contributed by atoms with Gasteiger partial charge < -0.3 is 10.6 Å². The van der Waals surface area contributed by atoms with Crippen LogP contribution < -0.4 is 10.6 Å². The van der Waals surface area contributed by atoms with E-state index < -0.39 is 0 Å². The molecular weight excluding hydrogens is 414 g/mol. The fourth-order valence-corrected chi connectivity index (χ4v) is 3.49. The Morgan fingerprint density at radius 2 is 1.64 bits per heavy atom. The lowest BCUT2D eigenvalue weighted by molar-refractivity contribution is 0.262. The zero-order chi connectivity index (χ0) is 22.8. The molecule has 3 aromatic heterocycles. The summed E-state index contributed by atoms with van der Waals surface area (Å²) >= 11 is 0. The van der Waals surface area contributed by atoms with E-state index >= 15 is 0 Å². The summed E-state index contributed by atoms with van der Waals surface area (Å²) in [7, 11) is 0. The second-order valence-corrected chi connectivity index (χ2v) is 7.71. The minimum Gasteiger partial charge on any atom is -0.308 e. The summed E-state index contributed by atoms with van der Waals surface area (Å²) in [6, 6.07) is 20.5. The van der Waals surface area contributed by atoms with E-state index in [1.807, 2.05) is 80.6 Å². The van der Waals surface area contributed by atoms with Crippen LogP contribution in [0, 0.1) is 13.8 Å². The maximum Gasteiger partial charge on any atom is 0.323 e. The van der Waals surface area contributed by atoms with E-state index in [0.717, 1.165) is 28.1 Å². The lowest BCUT2D eigenvalue weighted by Crippen LogP contribution is -2.19. The molecular formula is C25H21N7O. The minimum atomic E-state index is -0.309. The highest BCUT2D eigenvalue weighted by molar-refractivity contribution is 6.00. The average molecular weight is 435 g/mol. The van der Waals surface area contributed by atoms with Crippen molar-refractivity contribution >= 4 is 23.1 Å². The van der Waals surface area contributed by atoms with Gasteiger partial charge in [0.2, 0.25) is 0 Å². The molecule has 8 nitrogen and oxygen atoms in total. The number of nitrogens with zero attached hydrogens (tertiary/aromatic N) is 5. The first kappa shape index (κ1) is 20.3. The zero-order valence-corrected chi connectivity index (χ0v) is 18.1. The van der Waals surface area contributed by atoms with Gasteiger partial charge in [-0.1, -0.05) is 18.2 Å². The van der Waals surface area contributed by atoms with Gasteiger partial charge in [-0.25, -0.2) is 4.79 Å². The Labute approximate surface area is 190 Å². The molecule has 5 aromatic rings. The maximum atomic E-state index is 12.5. The normalized spacial score (nSPS) is 10.8. The molecule has 162 valence electrons. The van der Waals surface area contributed by atoms with E-state index in [2.05, 4.69) is 25.8 Å². The molecule has 5 rings (SSSR count). The molecule has 0 atom stereocenters. The number of carbonyl (C=O) groups is 1. The number of pyridine rings is 1. The van der Waals surface area contributed by atoms with Crippen LogP contribution in [0.15, 0.2) is 79.1 Å². The highest BCUT2D eigenvalue weighted by atomic mass is 16.2. The number of fused-ring (bicyclic) bond motifs is 1. The number of anilines is 2. The van der Waals surface area contributed by atoms with Crippen LogP contribution in [0.25, 0.3) is 28.3 Å². The SMILES string of the molecule is Cc1ccc(NC(=O)Nc2cccc(-c3ccc4nnc(-c5cccnc5)n4n3)c2)cc1C. The summed E-state index contributed by atoms with van der Waals surface area (Å²) in [4.78, 5) is 16.7. The second-order valence-electron chi connectivity index (χ2n) is 7.71. The van der Waals surface area contributed by atoms with Crippen molar-refractivity contribution in [1.82, 2.24) is 24.8 Å². The fourth-order valence-electron chi connectivity index (χ4n) is 3.49. The van der Waals surface area contributed by atoms with Gasteiger partial charge in [-0.05, 0) is 73.5 Å². The van der Waals surface area contributed by atoms with Crippen molar-refractivity contribution in [3.05, 3.63) is 90.3 Å². The number of hydrogen-bond acceptors (Lipinski definition) is 5. The first-order valence-corrected chi connectivity index (χ1v) is 10.5. The molecule has 2 amide bonds. The first-order chi connectivity index (χ1) is 16.1. The van der Waals surface area contributed by atoms with E-state index in [4.69, 9.17) is 5.10 Å². The fraction of sp³-hybridized carbons (Fsp3) is 0.0800. The Balaban J connectivity index is 1.39. The number of nitrogens with one attached hydrogen (secondary N) is 2. The molecule has 2 N–H and O–H groups in total. The smallest absolute Gasteiger partial charge is 0.308 e. The minimum absolute atomic E-state index is 0.309.